The third-order valence-corrected chi connectivity index (χ3v) is 2.96. The van der Waals surface area contributed by atoms with Gasteiger partial charge in [0.15, 0.2) is 0 Å². The predicted octanol–water partition coefficient (Wildman–Crippen LogP) is 1.65. The maximum Gasteiger partial charge on any atom is 0.119 e. The van der Waals surface area contributed by atoms with E-state index >= 15 is 0 Å². The van der Waals surface area contributed by atoms with Crippen molar-refractivity contribution in [2.75, 3.05) is 7.05 Å². The van der Waals surface area contributed by atoms with Gasteiger partial charge in [-0.15, -0.1) is 11.3 Å². The Balaban J connectivity index is 3.06. The van der Waals surface area contributed by atoms with Gasteiger partial charge in [-0.1, -0.05) is 20.8 Å². The lowest BCUT2D eigenvalue weighted by molar-refractivity contribution is 0.280. The first-order valence-corrected chi connectivity index (χ1v) is 5.55. The van der Waals surface area contributed by atoms with Crippen LogP contribution in [0, 0.1) is 0 Å². The number of hydrogen-bond donors (Lipinski definition) is 2. The first-order chi connectivity index (χ1) is 6.49. The minimum Gasteiger partial charge on any atom is -0.389 e. The molecule has 1 rings (SSSR count). The summed E-state index contributed by atoms with van der Waals surface area (Å²) in [4.78, 5) is 5.67. The second kappa shape index (κ2) is 4.38. The molecule has 1 aromatic heterocycles. The standard InChI is InChI=1S/C10H18N2OS/c1-10(2,3)9-7(5-11-4)14-8(6-13)12-9/h11,13H,5-6H2,1-4H3. The van der Waals surface area contributed by atoms with Crippen molar-refractivity contribution >= 4 is 11.3 Å². The number of rotatable bonds is 3. The summed E-state index contributed by atoms with van der Waals surface area (Å²) < 4.78 is 0. The van der Waals surface area contributed by atoms with Crippen LogP contribution < -0.4 is 5.32 Å². The molecule has 2 N–H and O–H groups in total. The average molecular weight is 214 g/mol. The lowest BCUT2D eigenvalue weighted by Crippen LogP contribution is -2.16. The minimum atomic E-state index is 0.0391. The van der Waals surface area contributed by atoms with E-state index in [0.717, 1.165) is 17.2 Å². The normalized spacial score (nSPS) is 12.1. The van der Waals surface area contributed by atoms with E-state index in [0.29, 0.717) is 0 Å². The Morgan fingerprint density at radius 2 is 2.07 bits per heavy atom. The Morgan fingerprint density at radius 1 is 1.43 bits per heavy atom. The van der Waals surface area contributed by atoms with E-state index in [-0.39, 0.29) is 12.0 Å². The molecule has 0 fully saturated rings. The SMILES string of the molecule is CNCc1sc(CO)nc1C(C)(C)C. The first kappa shape index (κ1) is 11.6. The second-order valence-corrected chi connectivity index (χ2v) is 5.49. The van der Waals surface area contributed by atoms with Crippen molar-refractivity contribution in [1.29, 1.82) is 0 Å². The molecule has 1 aromatic rings. The van der Waals surface area contributed by atoms with Crippen molar-refractivity contribution in [2.45, 2.75) is 39.3 Å². The zero-order chi connectivity index (χ0) is 10.8. The van der Waals surface area contributed by atoms with Gasteiger partial charge in [0.05, 0.1) is 12.3 Å². The molecule has 0 aliphatic carbocycles. The number of thiazole rings is 1. The molecular weight excluding hydrogens is 196 g/mol. The van der Waals surface area contributed by atoms with Crippen molar-refractivity contribution in [3.05, 3.63) is 15.6 Å². The monoisotopic (exact) mass is 214 g/mol. The van der Waals surface area contributed by atoms with Crippen molar-refractivity contribution < 1.29 is 5.11 Å². The third-order valence-electron chi connectivity index (χ3n) is 1.92. The minimum absolute atomic E-state index is 0.0391. The van der Waals surface area contributed by atoms with Gasteiger partial charge in [0.2, 0.25) is 0 Å². The van der Waals surface area contributed by atoms with Gasteiger partial charge in [-0.25, -0.2) is 4.98 Å². The summed E-state index contributed by atoms with van der Waals surface area (Å²) in [5.41, 5.74) is 1.15. The Hall–Kier alpha value is -0.450. The molecule has 3 nitrogen and oxygen atoms in total. The fourth-order valence-corrected chi connectivity index (χ4v) is 2.49. The molecule has 0 bridgehead atoms. The summed E-state index contributed by atoms with van der Waals surface area (Å²) in [7, 11) is 1.92. The van der Waals surface area contributed by atoms with E-state index in [9.17, 15) is 0 Å². The summed E-state index contributed by atoms with van der Waals surface area (Å²) in [5.74, 6) is 0. The molecular formula is C10H18N2OS. The van der Waals surface area contributed by atoms with Crippen LogP contribution in [-0.2, 0) is 18.6 Å². The Morgan fingerprint density at radius 3 is 2.50 bits per heavy atom. The molecule has 4 heteroatoms. The molecule has 14 heavy (non-hydrogen) atoms. The number of nitrogens with zero attached hydrogens (tertiary/aromatic N) is 1. The van der Waals surface area contributed by atoms with Gasteiger partial charge in [0.1, 0.15) is 5.01 Å². The lowest BCUT2D eigenvalue weighted by Gasteiger charge is -2.17. The fourth-order valence-electron chi connectivity index (χ4n) is 1.33. The molecule has 0 spiro atoms. The smallest absolute Gasteiger partial charge is 0.119 e. The largest absolute Gasteiger partial charge is 0.389 e. The van der Waals surface area contributed by atoms with Gasteiger partial charge in [0.25, 0.3) is 0 Å². The van der Waals surface area contributed by atoms with Crippen LogP contribution in [0.5, 0.6) is 0 Å². The Kier molecular flexibility index (Phi) is 3.64. The van der Waals surface area contributed by atoms with Gasteiger partial charge >= 0.3 is 0 Å². The molecule has 0 radical (unpaired) electrons. The zero-order valence-electron chi connectivity index (χ0n) is 9.22. The first-order valence-electron chi connectivity index (χ1n) is 4.73. The van der Waals surface area contributed by atoms with Crippen LogP contribution in [0.4, 0.5) is 0 Å². The van der Waals surface area contributed by atoms with Crippen LogP contribution in [0.15, 0.2) is 0 Å². The predicted molar refractivity (Wildman–Crippen MR) is 59.5 cm³/mol. The number of nitrogens with one attached hydrogen (secondary N) is 1. The molecule has 0 aliphatic heterocycles. The molecule has 0 aromatic carbocycles. The molecule has 1 heterocycles. The number of aliphatic hydroxyl groups excluding tert-OH is 1. The summed E-state index contributed by atoms with van der Waals surface area (Å²) in [5, 5.41) is 13.0. The summed E-state index contributed by atoms with van der Waals surface area (Å²) in [6, 6.07) is 0. The maximum absolute atomic E-state index is 9.04. The summed E-state index contributed by atoms with van der Waals surface area (Å²) >= 11 is 1.59. The van der Waals surface area contributed by atoms with E-state index in [1.54, 1.807) is 11.3 Å². The van der Waals surface area contributed by atoms with E-state index < -0.39 is 0 Å². The quantitative estimate of drug-likeness (QED) is 0.804. The van der Waals surface area contributed by atoms with Gasteiger partial charge in [-0.05, 0) is 7.05 Å². The van der Waals surface area contributed by atoms with Crippen molar-refractivity contribution in [1.82, 2.24) is 10.3 Å². The van der Waals surface area contributed by atoms with Crippen LogP contribution in [0.25, 0.3) is 0 Å². The van der Waals surface area contributed by atoms with E-state index in [4.69, 9.17) is 5.11 Å². The van der Waals surface area contributed by atoms with Crippen molar-refractivity contribution in [3.63, 3.8) is 0 Å². The third kappa shape index (κ3) is 2.53. The molecule has 0 atom stereocenters. The Labute approximate surface area is 89.2 Å². The highest BCUT2D eigenvalue weighted by Gasteiger charge is 2.22. The molecule has 0 unspecified atom stereocenters. The number of aliphatic hydroxyl groups is 1. The highest BCUT2D eigenvalue weighted by atomic mass is 32.1. The number of aromatic nitrogens is 1. The van der Waals surface area contributed by atoms with Gasteiger partial charge in [-0.2, -0.15) is 0 Å². The van der Waals surface area contributed by atoms with E-state index in [2.05, 4.69) is 31.1 Å². The number of hydrogen-bond acceptors (Lipinski definition) is 4. The average Bonchev–Trinajstić information content (AvgIpc) is 2.48. The van der Waals surface area contributed by atoms with Crippen molar-refractivity contribution in [3.8, 4) is 0 Å². The molecule has 0 aliphatic rings. The van der Waals surface area contributed by atoms with Crippen LogP contribution in [-0.4, -0.2) is 17.1 Å². The summed E-state index contributed by atoms with van der Waals surface area (Å²) in [6.07, 6.45) is 0. The molecule has 0 saturated heterocycles. The second-order valence-electron chi connectivity index (χ2n) is 4.32. The Bertz CT molecular complexity index is 302. The van der Waals surface area contributed by atoms with E-state index in [1.807, 2.05) is 7.05 Å². The van der Waals surface area contributed by atoms with Gasteiger partial charge in [-0.3, -0.25) is 0 Å². The van der Waals surface area contributed by atoms with Crippen LogP contribution in [0.1, 0.15) is 36.3 Å². The highest BCUT2D eigenvalue weighted by molar-refractivity contribution is 7.11. The zero-order valence-corrected chi connectivity index (χ0v) is 10.0. The summed E-state index contributed by atoms with van der Waals surface area (Å²) in [6.45, 7) is 7.29. The van der Waals surface area contributed by atoms with Crippen LogP contribution in [0.2, 0.25) is 0 Å². The molecule has 80 valence electrons. The maximum atomic E-state index is 9.04. The fraction of sp³-hybridized carbons (Fsp3) is 0.700. The lowest BCUT2D eigenvalue weighted by atomic mass is 9.91. The molecule has 0 amide bonds. The topological polar surface area (TPSA) is 45.1 Å². The molecule has 0 saturated carbocycles. The van der Waals surface area contributed by atoms with Gasteiger partial charge in [0, 0.05) is 16.8 Å². The van der Waals surface area contributed by atoms with E-state index in [1.165, 1.54) is 4.88 Å². The van der Waals surface area contributed by atoms with Crippen molar-refractivity contribution in [2.24, 2.45) is 0 Å². The van der Waals surface area contributed by atoms with Crippen LogP contribution in [0.3, 0.4) is 0 Å². The van der Waals surface area contributed by atoms with Gasteiger partial charge < -0.3 is 10.4 Å². The van der Waals surface area contributed by atoms with Crippen LogP contribution >= 0.6 is 11.3 Å². The highest BCUT2D eigenvalue weighted by Crippen LogP contribution is 2.29.